The van der Waals surface area contributed by atoms with Gasteiger partial charge in [-0.2, -0.15) is 5.10 Å². The van der Waals surface area contributed by atoms with Crippen LogP contribution in [0.1, 0.15) is 28.5 Å². The molecule has 23 heavy (non-hydrogen) atoms. The molecule has 6 nitrogen and oxygen atoms in total. The minimum atomic E-state index is -0.128. The lowest BCUT2D eigenvalue weighted by molar-refractivity contribution is 0.0923. The van der Waals surface area contributed by atoms with Crippen LogP contribution in [0, 0.1) is 0 Å². The number of carbonyl (C=O) groups excluding carboxylic acids is 1. The zero-order chi connectivity index (χ0) is 15.8. The number of benzene rings is 1. The van der Waals surface area contributed by atoms with E-state index in [1.807, 2.05) is 37.4 Å². The van der Waals surface area contributed by atoms with Crippen LogP contribution in [0.2, 0.25) is 0 Å². The zero-order valence-electron chi connectivity index (χ0n) is 12.7. The van der Waals surface area contributed by atoms with E-state index in [2.05, 4.69) is 15.4 Å². The van der Waals surface area contributed by atoms with Gasteiger partial charge in [0, 0.05) is 30.6 Å². The summed E-state index contributed by atoms with van der Waals surface area (Å²) < 4.78 is 7.36. The predicted octanol–water partition coefficient (Wildman–Crippen LogP) is 2.22. The first kappa shape index (κ1) is 13.8. The standard InChI is InChI=1S/C17H16N4O2/c1-21-14-5-4-11(9-12(14)10-19-21)17(22)20-13-6-8-23-15-3-2-7-18-16(13)15/h2-5,7,9-10,13H,6,8H2,1H3,(H,20,22). The quantitative estimate of drug-likeness (QED) is 0.788. The number of aryl methyl sites for hydroxylation is 1. The molecule has 1 aromatic carbocycles. The Kier molecular flexibility index (Phi) is 3.22. The van der Waals surface area contributed by atoms with Crippen molar-refractivity contribution in [3.63, 3.8) is 0 Å². The third-order valence-corrected chi connectivity index (χ3v) is 4.11. The molecule has 6 heteroatoms. The fraction of sp³-hybridized carbons (Fsp3) is 0.235. The average Bonchev–Trinajstić information content (AvgIpc) is 2.96. The molecule has 3 aromatic rings. The third-order valence-electron chi connectivity index (χ3n) is 4.11. The molecule has 0 bridgehead atoms. The van der Waals surface area contributed by atoms with Gasteiger partial charge in [0.1, 0.15) is 11.4 Å². The Bertz CT molecular complexity index is 887. The summed E-state index contributed by atoms with van der Waals surface area (Å²) in [4.78, 5) is 16.9. The van der Waals surface area contributed by atoms with Gasteiger partial charge in [0.2, 0.25) is 0 Å². The number of fused-ring (bicyclic) bond motifs is 2. The van der Waals surface area contributed by atoms with Gasteiger partial charge in [0.05, 0.1) is 24.4 Å². The van der Waals surface area contributed by atoms with Crippen molar-refractivity contribution in [1.82, 2.24) is 20.1 Å². The molecular weight excluding hydrogens is 292 g/mol. The number of rotatable bonds is 2. The number of nitrogens with zero attached hydrogens (tertiary/aromatic N) is 3. The highest BCUT2D eigenvalue weighted by Crippen LogP contribution is 2.29. The highest BCUT2D eigenvalue weighted by molar-refractivity contribution is 5.98. The number of hydrogen-bond donors (Lipinski definition) is 1. The van der Waals surface area contributed by atoms with Gasteiger partial charge in [0.25, 0.3) is 5.91 Å². The highest BCUT2D eigenvalue weighted by Gasteiger charge is 2.24. The van der Waals surface area contributed by atoms with Gasteiger partial charge >= 0.3 is 0 Å². The zero-order valence-corrected chi connectivity index (χ0v) is 12.7. The fourth-order valence-electron chi connectivity index (χ4n) is 2.90. The maximum atomic E-state index is 12.6. The van der Waals surface area contributed by atoms with E-state index in [-0.39, 0.29) is 11.9 Å². The fourth-order valence-corrected chi connectivity index (χ4v) is 2.90. The van der Waals surface area contributed by atoms with Crippen molar-refractivity contribution < 1.29 is 9.53 Å². The van der Waals surface area contributed by atoms with E-state index < -0.39 is 0 Å². The average molecular weight is 308 g/mol. The number of ether oxygens (including phenoxy) is 1. The van der Waals surface area contributed by atoms with Crippen molar-refractivity contribution in [3.05, 3.63) is 54.0 Å². The lowest BCUT2D eigenvalue weighted by Gasteiger charge is -2.25. The van der Waals surface area contributed by atoms with E-state index in [9.17, 15) is 4.79 Å². The first-order valence-corrected chi connectivity index (χ1v) is 7.53. The van der Waals surface area contributed by atoms with Crippen LogP contribution in [0.3, 0.4) is 0 Å². The monoisotopic (exact) mass is 308 g/mol. The van der Waals surface area contributed by atoms with E-state index in [0.29, 0.717) is 18.6 Å². The molecule has 1 amide bonds. The highest BCUT2D eigenvalue weighted by atomic mass is 16.5. The summed E-state index contributed by atoms with van der Waals surface area (Å²) in [5, 5.41) is 8.20. The van der Waals surface area contributed by atoms with Crippen molar-refractivity contribution in [2.75, 3.05) is 6.61 Å². The van der Waals surface area contributed by atoms with Crippen LogP contribution in [-0.4, -0.2) is 27.3 Å². The molecule has 0 saturated heterocycles. The molecule has 0 aliphatic carbocycles. The second-order valence-corrected chi connectivity index (χ2v) is 5.59. The second kappa shape index (κ2) is 5.39. The maximum absolute atomic E-state index is 12.6. The van der Waals surface area contributed by atoms with Gasteiger partial charge < -0.3 is 10.1 Å². The minimum Gasteiger partial charge on any atom is -0.491 e. The first-order valence-electron chi connectivity index (χ1n) is 7.53. The van der Waals surface area contributed by atoms with E-state index in [1.165, 1.54) is 0 Å². The molecule has 4 rings (SSSR count). The van der Waals surface area contributed by atoms with Crippen LogP contribution < -0.4 is 10.1 Å². The summed E-state index contributed by atoms with van der Waals surface area (Å²) in [6.45, 7) is 0.575. The Labute approximate surface area is 133 Å². The molecule has 1 N–H and O–H groups in total. The van der Waals surface area contributed by atoms with Gasteiger partial charge in [-0.05, 0) is 30.3 Å². The molecule has 0 fully saturated rings. The molecule has 1 unspecified atom stereocenters. The predicted molar refractivity (Wildman–Crippen MR) is 85.3 cm³/mol. The molecule has 3 heterocycles. The van der Waals surface area contributed by atoms with Crippen LogP contribution >= 0.6 is 0 Å². The normalized spacial score (nSPS) is 16.7. The summed E-state index contributed by atoms with van der Waals surface area (Å²) in [6, 6.07) is 9.17. The van der Waals surface area contributed by atoms with Gasteiger partial charge in [-0.1, -0.05) is 0 Å². The van der Waals surface area contributed by atoms with Crippen molar-refractivity contribution in [1.29, 1.82) is 0 Å². The second-order valence-electron chi connectivity index (χ2n) is 5.59. The molecule has 0 saturated carbocycles. The Balaban J connectivity index is 1.60. The van der Waals surface area contributed by atoms with E-state index in [0.717, 1.165) is 22.3 Å². The van der Waals surface area contributed by atoms with E-state index >= 15 is 0 Å². The number of pyridine rings is 1. The summed E-state index contributed by atoms with van der Waals surface area (Å²) in [7, 11) is 1.88. The molecule has 0 radical (unpaired) electrons. The van der Waals surface area contributed by atoms with Crippen molar-refractivity contribution in [3.8, 4) is 5.75 Å². The van der Waals surface area contributed by atoms with Gasteiger partial charge in [-0.25, -0.2) is 0 Å². The van der Waals surface area contributed by atoms with Crippen molar-refractivity contribution >= 4 is 16.8 Å². The summed E-state index contributed by atoms with van der Waals surface area (Å²) in [5.41, 5.74) is 2.41. The third kappa shape index (κ3) is 2.42. The van der Waals surface area contributed by atoms with Crippen LogP contribution in [0.4, 0.5) is 0 Å². The maximum Gasteiger partial charge on any atom is 0.251 e. The Morgan fingerprint density at radius 1 is 1.39 bits per heavy atom. The Hall–Kier alpha value is -2.89. The molecule has 0 spiro atoms. The van der Waals surface area contributed by atoms with Crippen LogP contribution in [0.5, 0.6) is 5.75 Å². The van der Waals surface area contributed by atoms with Gasteiger partial charge in [-0.15, -0.1) is 0 Å². The summed E-state index contributed by atoms with van der Waals surface area (Å²) in [5.74, 6) is 0.631. The lowest BCUT2D eigenvalue weighted by Crippen LogP contribution is -2.32. The molecule has 1 atom stereocenters. The van der Waals surface area contributed by atoms with Gasteiger partial charge in [0.15, 0.2) is 0 Å². The summed E-state index contributed by atoms with van der Waals surface area (Å²) in [6.07, 6.45) is 4.19. The molecule has 2 aromatic heterocycles. The summed E-state index contributed by atoms with van der Waals surface area (Å²) >= 11 is 0. The largest absolute Gasteiger partial charge is 0.491 e. The van der Waals surface area contributed by atoms with E-state index in [1.54, 1.807) is 17.1 Å². The number of hydrogen-bond acceptors (Lipinski definition) is 4. The topological polar surface area (TPSA) is 69.0 Å². The number of aromatic nitrogens is 3. The Morgan fingerprint density at radius 3 is 3.22 bits per heavy atom. The minimum absolute atomic E-state index is 0.112. The number of amides is 1. The first-order chi connectivity index (χ1) is 11.2. The van der Waals surface area contributed by atoms with Crippen LogP contribution in [0.15, 0.2) is 42.7 Å². The molecule has 1 aliphatic rings. The van der Waals surface area contributed by atoms with E-state index in [4.69, 9.17) is 4.74 Å². The lowest BCUT2D eigenvalue weighted by atomic mass is 10.1. The van der Waals surface area contributed by atoms with Crippen molar-refractivity contribution in [2.45, 2.75) is 12.5 Å². The Morgan fingerprint density at radius 2 is 2.30 bits per heavy atom. The SMILES string of the molecule is Cn1ncc2cc(C(=O)NC3CCOc4cccnc43)ccc21. The number of nitrogens with one attached hydrogen (secondary N) is 1. The molecule has 1 aliphatic heterocycles. The van der Waals surface area contributed by atoms with Crippen LogP contribution in [-0.2, 0) is 7.05 Å². The molecule has 116 valence electrons. The van der Waals surface area contributed by atoms with Crippen molar-refractivity contribution in [2.24, 2.45) is 7.05 Å². The smallest absolute Gasteiger partial charge is 0.251 e. The van der Waals surface area contributed by atoms with Crippen LogP contribution in [0.25, 0.3) is 10.9 Å². The number of carbonyl (C=O) groups is 1. The van der Waals surface area contributed by atoms with Gasteiger partial charge in [-0.3, -0.25) is 14.5 Å². The molecular formula is C17H16N4O2.